The number of aromatic nitrogens is 4. The minimum absolute atomic E-state index is 0.0130. The van der Waals surface area contributed by atoms with E-state index in [1.165, 1.54) is 22.9 Å². The number of benzene rings is 2. The van der Waals surface area contributed by atoms with Gasteiger partial charge in [0.25, 0.3) is 5.95 Å². The molecule has 18 heteroatoms. The lowest BCUT2D eigenvalue weighted by Crippen LogP contribution is -2.50. The molecular formula is C34H37F9N6O3. The molecule has 0 N–H and O–H groups in total. The zero-order chi connectivity index (χ0) is 38.2. The van der Waals surface area contributed by atoms with E-state index in [4.69, 9.17) is 4.74 Å². The topological polar surface area (TPSA) is 93.5 Å². The SMILES string of the molecule is CCOC(=O)C[C@H]1CC[C@@H](C(=O)N2c3ccc(C(F)(F)F)cc3C(N(Cc3cc(C(F)(F)F)cc(C(F)(F)F)c3)c3nnn(C)n3)C[C@H]2CC)CC1. The van der Waals surface area contributed by atoms with Crippen LogP contribution in [-0.2, 0) is 46.4 Å². The molecular weight excluding hydrogens is 711 g/mol. The molecule has 52 heavy (non-hydrogen) atoms. The smallest absolute Gasteiger partial charge is 0.416 e. The lowest BCUT2D eigenvalue weighted by Gasteiger charge is -2.46. The van der Waals surface area contributed by atoms with Crippen molar-refractivity contribution < 1.29 is 53.8 Å². The van der Waals surface area contributed by atoms with Crippen LogP contribution in [0.25, 0.3) is 0 Å². The molecule has 1 fully saturated rings. The number of halogens is 9. The number of nitrogens with zero attached hydrogens (tertiary/aromatic N) is 6. The van der Waals surface area contributed by atoms with Crippen molar-refractivity contribution in [2.24, 2.45) is 18.9 Å². The molecule has 2 atom stereocenters. The van der Waals surface area contributed by atoms with Gasteiger partial charge in [0.1, 0.15) is 0 Å². The number of esters is 1. The molecule has 3 aromatic rings. The van der Waals surface area contributed by atoms with E-state index in [-0.39, 0.29) is 60.5 Å². The molecule has 0 spiro atoms. The molecule has 1 unspecified atom stereocenters. The molecule has 1 aliphatic carbocycles. The number of amides is 1. The van der Waals surface area contributed by atoms with E-state index in [1.807, 2.05) is 0 Å². The van der Waals surface area contributed by atoms with Crippen LogP contribution in [0.5, 0.6) is 0 Å². The minimum Gasteiger partial charge on any atom is -0.466 e. The molecule has 2 aliphatic rings. The van der Waals surface area contributed by atoms with Gasteiger partial charge in [-0.15, -0.1) is 5.10 Å². The number of fused-ring (bicyclic) bond motifs is 1. The Morgan fingerprint density at radius 1 is 0.865 bits per heavy atom. The van der Waals surface area contributed by atoms with Gasteiger partial charge in [-0.1, -0.05) is 12.0 Å². The monoisotopic (exact) mass is 748 g/mol. The Morgan fingerprint density at radius 2 is 1.48 bits per heavy atom. The number of hydrogen-bond donors (Lipinski definition) is 0. The molecule has 2 heterocycles. The predicted octanol–water partition coefficient (Wildman–Crippen LogP) is 8.29. The summed E-state index contributed by atoms with van der Waals surface area (Å²) in [4.78, 5) is 30.0. The van der Waals surface area contributed by atoms with Crippen molar-refractivity contribution in [3.8, 4) is 0 Å². The number of rotatable bonds is 9. The summed E-state index contributed by atoms with van der Waals surface area (Å²) in [6.07, 6.45) is -12.7. The molecule has 1 aromatic heterocycles. The fraction of sp³-hybridized carbons (Fsp3) is 0.559. The second-order valence-corrected chi connectivity index (χ2v) is 13.1. The van der Waals surface area contributed by atoms with Crippen LogP contribution < -0.4 is 9.80 Å². The van der Waals surface area contributed by atoms with E-state index in [0.29, 0.717) is 44.2 Å². The number of alkyl halides is 9. The number of tetrazole rings is 1. The molecule has 0 radical (unpaired) electrons. The average molecular weight is 749 g/mol. The van der Waals surface area contributed by atoms with Gasteiger partial charge in [-0.05, 0) is 104 Å². The highest BCUT2D eigenvalue weighted by Crippen LogP contribution is 2.47. The fourth-order valence-corrected chi connectivity index (χ4v) is 7.13. The summed E-state index contributed by atoms with van der Waals surface area (Å²) in [6, 6.07) is 2.15. The van der Waals surface area contributed by atoms with E-state index < -0.39 is 65.3 Å². The van der Waals surface area contributed by atoms with Crippen LogP contribution in [0.4, 0.5) is 51.1 Å². The molecule has 284 valence electrons. The predicted molar refractivity (Wildman–Crippen MR) is 168 cm³/mol. The first-order valence-corrected chi connectivity index (χ1v) is 16.8. The zero-order valence-electron chi connectivity index (χ0n) is 28.4. The highest BCUT2D eigenvalue weighted by Gasteiger charge is 2.44. The Labute approximate surface area is 293 Å². The normalized spacial score (nSPS) is 21.1. The summed E-state index contributed by atoms with van der Waals surface area (Å²) < 4.78 is 130. The van der Waals surface area contributed by atoms with E-state index in [9.17, 15) is 49.1 Å². The summed E-state index contributed by atoms with van der Waals surface area (Å²) >= 11 is 0. The lowest BCUT2D eigenvalue weighted by molar-refractivity contribution is -0.145. The standard InChI is InChI=1S/C34H37F9N6O3/c1-4-25-17-28(48(31-44-46-47(3)45-31)18-20-12-23(33(38,39)40)15-24(13-20)34(41,42)43)26-16-22(32(35,36)37)10-11-27(26)49(25)30(51)21-8-6-19(7-9-21)14-29(50)52-5-2/h10-13,15-16,19,21,25,28H,4-9,14,17-18H2,1-3H3/t19-,21+,25-,28?/m1/s1. The summed E-state index contributed by atoms with van der Waals surface area (Å²) in [6.45, 7) is 3.04. The van der Waals surface area contributed by atoms with Crippen LogP contribution >= 0.6 is 0 Å². The lowest BCUT2D eigenvalue weighted by atomic mass is 9.79. The van der Waals surface area contributed by atoms with Crippen LogP contribution in [0.3, 0.4) is 0 Å². The molecule has 0 bridgehead atoms. The Bertz CT molecular complexity index is 1720. The van der Waals surface area contributed by atoms with Crippen molar-refractivity contribution in [2.75, 3.05) is 16.4 Å². The molecule has 5 rings (SSSR count). The molecule has 9 nitrogen and oxygen atoms in total. The van der Waals surface area contributed by atoms with Crippen LogP contribution in [0.2, 0.25) is 0 Å². The van der Waals surface area contributed by atoms with Gasteiger partial charge < -0.3 is 14.5 Å². The molecule has 2 aromatic carbocycles. The first-order chi connectivity index (χ1) is 24.3. The van der Waals surface area contributed by atoms with Crippen LogP contribution in [0.1, 0.15) is 92.7 Å². The summed E-state index contributed by atoms with van der Waals surface area (Å²) in [5.74, 6) is -1.39. The highest BCUT2D eigenvalue weighted by molar-refractivity contribution is 5.97. The van der Waals surface area contributed by atoms with Crippen molar-refractivity contribution in [3.63, 3.8) is 0 Å². The van der Waals surface area contributed by atoms with Gasteiger partial charge in [-0.3, -0.25) is 9.59 Å². The maximum Gasteiger partial charge on any atom is 0.416 e. The number of carbonyl (C=O) groups excluding carboxylic acids is 2. The summed E-state index contributed by atoms with van der Waals surface area (Å²) in [5, 5.41) is 11.8. The van der Waals surface area contributed by atoms with Crippen LogP contribution in [-0.4, -0.2) is 44.7 Å². The maximum absolute atomic E-state index is 14.2. The number of ether oxygens (including phenoxy) is 1. The minimum atomic E-state index is -5.14. The van der Waals surface area contributed by atoms with Crippen LogP contribution in [0, 0.1) is 11.8 Å². The third-order valence-corrected chi connectivity index (χ3v) is 9.63. The molecule has 0 saturated heterocycles. The Kier molecular flexibility index (Phi) is 11.2. The Morgan fingerprint density at radius 3 is 2.00 bits per heavy atom. The van der Waals surface area contributed by atoms with Gasteiger partial charge in [0.05, 0.1) is 36.4 Å². The van der Waals surface area contributed by atoms with Crippen LogP contribution in [0.15, 0.2) is 36.4 Å². The van der Waals surface area contributed by atoms with E-state index in [1.54, 1.807) is 13.8 Å². The largest absolute Gasteiger partial charge is 0.466 e. The average Bonchev–Trinajstić information content (AvgIpc) is 3.50. The molecule has 1 aliphatic heterocycles. The number of hydrogen-bond acceptors (Lipinski definition) is 7. The van der Waals surface area contributed by atoms with Crippen molar-refractivity contribution in [2.45, 2.75) is 96.0 Å². The quantitative estimate of drug-likeness (QED) is 0.161. The second-order valence-electron chi connectivity index (χ2n) is 13.1. The second kappa shape index (κ2) is 14.9. The Balaban J connectivity index is 1.57. The fourth-order valence-electron chi connectivity index (χ4n) is 7.13. The maximum atomic E-state index is 14.2. The third kappa shape index (κ3) is 8.62. The van der Waals surface area contributed by atoms with Gasteiger partial charge in [-0.2, -0.15) is 44.3 Å². The van der Waals surface area contributed by atoms with Gasteiger partial charge in [0, 0.05) is 30.6 Å². The summed E-state index contributed by atoms with van der Waals surface area (Å²) in [5.41, 5.74) is -4.54. The number of carbonyl (C=O) groups is 2. The van der Waals surface area contributed by atoms with Crippen molar-refractivity contribution in [3.05, 3.63) is 64.2 Å². The van der Waals surface area contributed by atoms with Gasteiger partial charge >= 0.3 is 24.5 Å². The number of aryl methyl sites for hydroxylation is 1. The van der Waals surface area contributed by atoms with Gasteiger partial charge in [0.15, 0.2) is 0 Å². The van der Waals surface area contributed by atoms with Gasteiger partial charge in [0.2, 0.25) is 5.91 Å². The van der Waals surface area contributed by atoms with Crippen molar-refractivity contribution in [1.29, 1.82) is 0 Å². The summed E-state index contributed by atoms with van der Waals surface area (Å²) in [7, 11) is 1.37. The van der Waals surface area contributed by atoms with E-state index in [0.717, 1.165) is 16.9 Å². The highest BCUT2D eigenvalue weighted by atomic mass is 19.4. The Hall–Kier alpha value is -4.38. The zero-order valence-corrected chi connectivity index (χ0v) is 28.4. The van der Waals surface area contributed by atoms with Crippen molar-refractivity contribution in [1.82, 2.24) is 20.2 Å². The number of anilines is 2. The van der Waals surface area contributed by atoms with Crippen molar-refractivity contribution >= 4 is 23.5 Å². The van der Waals surface area contributed by atoms with E-state index in [2.05, 4.69) is 15.4 Å². The first kappa shape index (κ1) is 38.8. The molecule has 1 saturated carbocycles. The third-order valence-electron chi connectivity index (χ3n) is 9.63. The first-order valence-electron chi connectivity index (χ1n) is 16.8. The molecule has 1 amide bonds. The van der Waals surface area contributed by atoms with E-state index >= 15 is 0 Å². The van der Waals surface area contributed by atoms with Gasteiger partial charge in [-0.25, -0.2) is 0 Å².